The topological polar surface area (TPSA) is 29.1 Å². The van der Waals surface area contributed by atoms with Gasteiger partial charge in [-0.3, -0.25) is 4.79 Å². The van der Waals surface area contributed by atoms with Crippen molar-refractivity contribution in [2.24, 2.45) is 0 Å². The molecule has 0 aliphatic carbocycles. The highest BCUT2D eigenvalue weighted by Crippen LogP contribution is 2.41. The van der Waals surface area contributed by atoms with Crippen LogP contribution in [0.15, 0.2) is 16.6 Å². The molecule has 0 unspecified atom stereocenters. The molecule has 0 saturated heterocycles. The van der Waals surface area contributed by atoms with E-state index in [2.05, 4.69) is 34.2 Å². The third kappa shape index (κ3) is 1.49. The number of hydrogen-bond acceptors (Lipinski definition) is 1. The molecule has 1 aliphatic heterocycles. The van der Waals surface area contributed by atoms with Crippen molar-refractivity contribution >= 4 is 27.5 Å². The maximum Gasteiger partial charge on any atom is 0.234 e. The Balaban J connectivity index is 2.68. The summed E-state index contributed by atoms with van der Waals surface area (Å²) >= 11 is 3.49. The molecular weight excluding hydrogens is 254 g/mol. The van der Waals surface area contributed by atoms with Gasteiger partial charge < -0.3 is 5.32 Å². The van der Waals surface area contributed by atoms with Crippen LogP contribution in [0.1, 0.15) is 31.9 Å². The van der Waals surface area contributed by atoms with E-state index >= 15 is 0 Å². The summed E-state index contributed by atoms with van der Waals surface area (Å²) in [6, 6.07) is 4.10. The zero-order valence-corrected chi connectivity index (χ0v) is 10.7. The van der Waals surface area contributed by atoms with E-state index in [0.717, 1.165) is 22.1 Å². The number of amides is 1. The Morgan fingerprint density at radius 2 is 2.07 bits per heavy atom. The van der Waals surface area contributed by atoms with Gasteiger partial charge in [0, 0.05) is 10.2 Å². The number of benzene rings is 1. The lowest BCUT2D eigenvalue weighted by Crippen LogP contribution is -2.26. The molecular formula is C12H14BrNO. The van der Waals surface area contributed by atoms with Crippen molar-refractivity contribution in [3.63, 3.8) is 0 Å². The van der Waals surface area contributed by atoms with Gasteiger partial charge in [0.25, 0.3) is 0 Å². The van der Waals surface area contributed by atoms with Gasteiger partial charge in [-0.15, -0.1) is 0 Å². The third-order valence-electron chi connectivity index (χ3n) is 3.05. The fourth-order valence-corrected chi connectivity index (χ4v) is 2.48. The number of hydrogen-bond donors (Lipinski definition) is 1. The molecule has 1 amide bonds. The number of fused-ring (bicyclic) bond motifs is 1. The van der Waals surface area contributed by atoms with Crippen LogP contribution in [-0.2, 0) is 16.6 Å². The lowest BCUT2D eigenvalue weighted by atomic mass is 9.85. The Morgan fingerprint density at radius 1 is 1.40 bits per heavy atom. The van der Waals surface area contributed by atoms with Gasteiger partial charge in [-0.05, 0) is 43.5 Å². The Morgan fingerprint density at radius 3 is 2.67 bits per heavy atom. The first-order valence-electron chi connectivity index (χ1n) is 5.11. The summed E-state index contributed by atoms with van der Waals surface area (Å²) in [6.07, 6.45) is 0.929. The van der Waals surface area contributed by atoms with Gasteiger partial charge in [0.05, 0.1) is 5.41 Å². The number of carbonyl (C=O) groups excluding carboxylic acids is 1. The number of carbonyl (C=O) groups is 1. The van der Waals surface area contributed by atoms with Crippen molar-refractivity contribution in [2.75, 3.05) is 5.32 Å². The van der Waals surface area contributed by atoms with E-state index in [1.807, 2.05) is 19.9 Å². The van der Waals surface area contributed by atoms with Crippen molar-refractivity contribution < 1.29 is 4.79 Å². The van der Waals surface area contributed by atoms with Gasteiger partial charge in [0.1, 0.15) is 0 Å². The predicted octanol–water partition coefficient (Wildman–Crippen LogP) is 3.24. The number of aryl methyl sites for hydroxylation is 1. The Hall–Kier alpha value is -0.830. The molecule has 0 aromatic heterocycles. The molecule has 1 aliphatic rings. The average molecular weight is 268 g/mol. The lowest BCUT2D eigenvalue weighted by Gasteiger charge is -2.15. The fourth-order valence-electron chi connectivity index (χ4n) is 1.97. The Labute approximate surface area is 98.2 Å². The standard InChI is InChI=1S/C12H14BrNO/c1-4-7-5-8(13)6-9-10(7)14-11(15)12(9,2)3/h5-6H,4H2,1-3H3,(H,14,15). The van der Waals surface area contributed by atoms with E-state index in [4.69, 9.17) is 0 Å². The molecule has 0 spiro atoms. The molecule has 1 N–H and O–H groups in total. The quantitative estimate of drug-likeness (QED) is 0.832. The summed E-state index contributed by atoms with van der Waals surface area (Å²) in [6.45, 7) is 6.01. The van der Waals surface area contributed by atoms with Crippen LogP contribution in [0.5, 0.6) is 0 Å². The number of nitrogens with one attached hydrogen (secondary N) is 1. The van der Waals surface area contributed by atoms with E-state index < -0.39 is 5.41 Å². The Bertz CT molecular complexity index is 437. The summed E-state index contributed by atoms with van der Waals surface area (Å²) < 4.78 is 1.04. The minimum Gasteiger partial charge on any atom is -0.325 e. The smallest absolute Gasteiger partial charge is 0.234 e. The van der Waals surface area contributed by atoms with E-state index in [9.17, 15) is 4.79 Å². The van der Waals surface area contributed by atoms with Crippen molar-refractivity contribution in [3.8, 4) is 0 Å². The third-order valence-corrected chi connectivity index (χ3v) is 3.50. The van der Waals surface area contributed by atoms with E-state index in [1.54, 1.807) is 0 Å². The van der Waals surface area contributed by atoms with E-state index in [0.29, 0.717) is 0 Å². The summed E-state index contributed by atoms with van der Waals surface area (Å²) in [5.41, 5.74) is 2.89. The molecule has 0 saturated carbocycles. The van der Waals surface area contributed by atoms with Crippen LogP contribution in [0.25, 0.3) is 0 Å². The average Bonchev–Trinajstić information content (AvgIpc) is 2.39. The van der Waals surface area contributed by atoms with Crippen LogP contribution in [0.4, 0.5) is 5.69 Å². The van der Waals surface area contributed by atoms with Gasteiger partial charge in [0.15, 0.2) is 0 Å². The van der Waals surface area contributed by atoms with Crippen LogP contribution in [-0.4, -0.2) is 5.91 Å². The maximum atomic E-state index is 11.8. The second-order valence-electron chi connectivity index (χ2n) is 4.42. The molecule has 2 nitrogen and oxygen atoms in total. The molecule has 2 rings (SSSR count). The highest BCUT2D eigenvalue weighted by molar-refractivity contribution is 9.10. The molecule has 1 aromatic rings. The molecule has 1 heterocycles. The van der Waals surface area contributed by atoms with E-state index in [1.165, 1.54) is 5.56 Å². The summed E-state index contributed by atoms with van der Waals surface area (Å²) in [7, 11) is 0. The van der Waals surface area contributed by atoms with Gasteiger partial charge in [-0.2, -0.15) is 0 Å². The predicted molar refractivity (Wildman–Crippen MR) is 65.2 cm³/mol. The van der Waals surface area contributed by atoms with Crippen molar-refractivity contribution in [2.45, 2.75) is 32.6 Å². The number of anilines is 1. The Kier molecular flexibility index (Phi) is 2.38. The number of rotatable bonds is 1. The SMILES string of the molecule is CCc1cc(Br)cc2c1NC(=O)C2(C)C. The van der Waals surface area contributed by atoms with Crippen LogP contribution >= 0.6 is 15.9 Å². The molecule has 15 heavy (non-hydrogen) atoms. The van der Waals surface area contributed by atoms with Crippen LogP contribution in [0.3, 0.4) is 0 Å². The second-order valence-corrected chi connectivity index (χ2v) is 5.34. The van der Waals surface area contributed by atoms with Gasteiger partial charge in [0.2, 0.25) is 5.91 Å². The summed E-state index contributed by atoms with van der Waals surface area (Å²) in [5.74, 6) is 0.0882. The summed E-state index contributed by atoms with van der Waals surface area (Å²) in [5, 5.41) is 2.97. The van der Waals surface area contributed by atoms with Gasteiger partial charge in [-0.25, -0.2) is 0 Å². The van der Waals surface area contributed by atoms with Crippen molar-refractivity contribution in [1.82, 2.24) is 0 Å². The molecule has 1 aromatic carbocycles. The summed E-state index contributed by atoms with van der Waals surface area (Å²) in [4.78, 5) is 11.8. The molecule has 0 atom stereocenters. The normalized spacial score (nSPS) is 17.5. The van der Waals surface area contributed by atoms with Crippen LogP contribution < -0.4 is 5.32 Å². The second kappa shape index (κ2) is 3.34. The van der Waals surface area contributed by atoms with Crippen LogP contribution in [0.2, 0.25) is 0 Å². The first-order chi connectivity index (χ1) is 6.96. The van der Waals surface area contributed by atoms with Crippen LogP contribution in [0, 0.1) is 0 Å². The van der Waals surface area contributed by atoms with Gasteiger partial charge >= 0.3 is 0 Å². The first kappa shape index (κ1) is 10.7. The zero-order valence-electron chi connectivity index (χ0n) is 9.15. The molecule has 0 fully saturated rings. The van der Waals surface area contributed by atoms with E-state index in [-0.39, 0.29) is 5.91 Å². The lowest BCUT2D eigenvalue weighted by molar-refractivity contribution is -0.119. The van der Waals surface area contributed by atoms with Crippen molar-refractivity contribution in [3.05, 3.63) is 27.7 Å². The van der Waals surface area contributed by atoms with Gasteiger partial charge in [-0.1, -0.05) is 22.9 Å². The largest absolute Gasteiger partial charge is 0.325 e. The molecule has 3 heteroatoms. The van der Waals surface area contributed by atoms with Crippen molar-refractivity contribution in [1.29, 1.82) is 0 Å². The monoisotopic (exact) mass is 267 g/mol. The highest BCUT2D eigenvalue weighted by Gasteiger charge is 2.39. The minimum atomic E-state index is -0.414. The fraction of sp³-hybridized carbons (Fsp3) is 0.417. The highest BCUT2D eigenvalue weighted by atomic mass is 79.9. The maximum absolute atomic E-state index is 11.8. The zero-order chi connectivity index (χ0) is 11.2. The molecule has 80 valence electrons. The minimum absolute atomic E-state index is 0.0882. The first-order valence-corrected chi connectivity index (χ1v) is 5.90. The number of halogens is 1. The molecule has 0 bridgehead atoms. The molecule has 0 radical (unpaired) electrons.